The molecule has 18 heavy (non-hydrogen) atoms. The molecule has 102 valence electrons. The van der Waals surface area contributed by atoms with Gasteiger partial charge in [-0.1, -0.05) is 6.42 Å². The van der Waals surface area contributed by atoms with Crippen molar-refractivity contribution in [3.8, 4) is 0 Å². The zero-order valence-electron chi connectivity index (χ0n) is 11.1. The fraction of sp³-hybridized carbons (Fsp3) is 0.929. The summed E-state index contributed by atoms with van der Waals surface area (Å²) in [5.41, 5.74) is 0. The van der Waals surface area contributed by atoms with Crippen molar-refractivity contribution in [2.24, 2.45) is 17.8 Å². The van der Waals surface area contributed by atoms with Gasteiger partial charge in [0.2, 0.25) is 5.91 Å². The van der Waals surface area contributed by atoms with E-state index in [2.05, 4.69) is 5.32 Å². The molecule has 3 aliphatic rings. The maximum absolute atomic E-state index is 12.2. The summed E-state index contributed by atoms with van der Waals surface area (Å²) in [5, 5.41) is 12.6. The summed E-state index contributed by atoms with van der Waals surface area (Å²) < 4.78 is 0. The van der Waals surface area contributed by atoms with Crippen molar-refractivity contribution in [2.75, 3.05) is 20.1 Å². The molecule has 2 N–H and O–H groups in total. The zero-order chi connectivity index (χ0) is 12.7. The quantitative estimate of drug-likeness (QED) is 0.773. The molecule has 0 aromatic carbocycles. The minimum absolute atomic E-state index is 0.161. The van der Waals surface area contributed by atoms with Gasteiger partial charge in [-0.15, -0.1) is 0 Å². The molecule has 2 bridgehead atoms. The highest BCUT2D eigenvalue weighted by Crippen LogP contribution is 2.48. The molecule has 2 saturated carbocycles. The lowest BCUT2D eigenvalue weighted by atomic mass is 9.88. The molecule has 5 atom stereocenters. The van der Waals surface area contributed by atoms with E-state index in [1.165, 1.54) is 25.7 Å². The molecule has 1 aliphatic heterocycles. The number of fused-ring (bicyclic) bond motifs is 2. The summed E-state index contributed by atoms with van der Waals surface area (Å²) >= 11 is 0. The third kappa shape index (κ3) is 2.28. The molecule has 1 heterocycles. The van der Waals surface area contributed by atoms with E-state index in [0.29, 0.717) is 13.0 Å². The highest BCUT2D eigenvalue weighted by molar-refractivity contribution is 5.82. The normalized spacial score (nSPS) is 42.4. The topological polar surface area (TPSA) is 52.6 Å². The molecule has 0 radical (unpaired) electrons. The Labute approximate surface area is 109 Å². The highest BCUT2D eigenvalue weighted by atomic mass is 16.3. The van der Waals surface area contributed by atoms with Crippen LogP contribution in [0.1, 0.15) is 32.1 Å². The van der Waals surface area contributed by atoms with Crippen LogP contribution in [0.2, 0.25) is 0 Å². The van der Waals surface area contributed by atoms with E-state index in [1.807, 2.05) is 11.9 Å². The van der Waals surface area contributed by atoms with E-state index in [9.17, 15) is 9.90 Å². The van der Waals surface area contributed by atoms with Gasteiger partial charge in [-0.2, -0.15) is 0 Å². The summed E-state index contributed by atoms with van der Waals surface area (Å²) in [6, 6.07) is -0.163. The van der Waals surface area contributed by atoms with Crippen LogP contribution in [0, 0.1) is 17.8 Å². The molecule has 3 rings (SSSR count). The van der Waals surface area contributed by atoms with Crippen molar-refractivity contribution in [3.63, 3.8) is 0 Å². The molecule has 5 unspecified atom stereocenters. The second-order valence-electron chi connectivity index (χ2n) is 6.50. The van der Waals surface area contributed by atoms with Crippen molar-refractivity contribution >= 4 is 5.91 Å². The Morgan fingerprint density at radius 1 is 1.33 bits per heavy atom. The van der Waals surface area contributed by atoms with Crippen LogP contribution in [0.25, 0.3) is 0 Å². The Bertz CT molecular complexity index is 334. The van der Waals surface area contributed by atoms with E-state index in [-0.39, 0.29) is 18.1 Å². The first-order valence-corrected chi connectivity index (χ1v) is 7.30. The van der Waals surface area contributed by atoms with Gasteiger partial charge in [0, 0.05) is 20.1 Å². The van der Waals surface area contributed by atoms with E-state index in [1.54, 1.807) is 0 Å². The molecule has 4 heteroatoms. The van der Waals surface area contributed by atoms with Crippen LogP contribution in [-0.2, 0) is 4.79 Å². The van der Waals surface area contributed by atoms with Gasteiger partial charge in [-0.05, 0) is 43.4 Å². The summed E-state index contributed by atoms with van der Waals surface area (Å²) in [5.74, 6) is 2.70. The Hall–Kier alpha value is -0.610. The third-order valence-corrected chi connectivity index (χ3v) is 5.17. The van der Waals surface area contributed by atoms with Gasteiger partial charge in [0.1, 0.15) is 0 Å². The summed E-state index contributed by atoms with van der Waals surface area (Å²) in [6.45, 7) is 1.46. The van der Waals surface area contributed by atoms with Crippen LogP contribution in [0.3, 0.4) is 0 Å². The Kier molecular flexibility index (Phi) is 3.32. The number of aliphatic hydroxyl groups is 1. The first kappa shape index (κ1) is 12.4. The second-order valence-corrected chi connectivity index (χ2v) is 6.50. The van der Waals surface area contributed by atoms with Crippen LogP contribution in [0.4, 0.5) is 0 Å². The monoisotopic (exact) mass is 252 g/mol. The number of carbonyl (C=O) groups is 1. The fourth-order valence-corrected chi connectivity index (χ4v) is 4.21. The van der Waals surface area contributed by atoms with Crippen LogP contribution in [0.5, 0.6) is 0 Å². The average molecular weight is 252 g/mol. The molecule has 1 amide bonds. The van der Waals surface area contributed by atoms with E-state index < -0.39 is 0 Å². The van der Waals surface area contributed by atoms with Gasteiger partial charge in [-0.25, -0.2) is 0 Å². The number of β-amino-alcohol motifs (C(OH)–C–C–N with tert-alkyl or cyclic N) is 1. The molecule has 0 aromatic heterocycles. The van der Waals surface area contributed by atoms with Crippen molar-refractivity contribution in [2.45, 2.75) is 44.2 Å². The number of likely N-dealkylation sites (N-methyl/N-ethyl adjacent to an activating group) is 1. The van der Waals surface area contributed by atoms with Crippen LogP contribution in [0.15, 0.2) is 0 Å². The zero-order valence-corrected chi connectivity index (χ0v) is 11.1. The van der Waals surface area contributed by atoms with Gasteiger partial charge in [-0.3, -0.25) is 4.79 Å². The lowest BCUT2D eigenvalue weighted by Crippen LogP contribution is -2.44. The molecule has 0 spiro atoms. The Balaban J connectivity index is 1.52. The minimum Gasteiger partial charge on any atom is -0.392 e. The molecule has 2 aliphatic carbocycles. The summed E-state index contributed by atoms with van der Waals surface area (Å²) in [6.07, 6.45) is 5.72. The number of hydrogen-bond donors (Lipinski definition) is 2. The SMILES string of the molecule is CN(CC1CC2CCC1C2)C(=O)C1CC(O)CN1. The molecule has 4 nitrogen and oxygen atoms in total. The van der Waals surface area contributed by atoms with Crippen LogP contribution < -0.4 is 5.32 Å². The Morgan fingerprint density at radius 2 is 2.17 bits per heavy atom. The summed E-state index contributed by atoms with van der Waals surface area (Å²) in [4.78, 5) is 14.1. The number of hydrogen-bond acceptors (Lipinski definition) is 3. The lowest BCUT2D eigenvalue weighted by molar-refractivity contribution is -0.132. The van der Waals surface area contributed by atoms with Gasteiger partial charge in [0.25, 0.3) is 0 Å². The molecule has 1 saturated heterocycles. The van der Waals surface area contributed by atoms with E-state index in [0.717, 1.165) is 24.3 Å². The number of amides is 1. The van der Waals surface area contributed by atoms with Gasteiger partial charge < -0.3 is 15.3 Å². The first-order valence-electron chi connectivity index (χ1n) is 7.30. The number of nitrogens with one attached hydrogen (secondary N) is 1. The molecule has 3 fully saturated rings. The smallest absolute Gasteiger partial charge is 0.239 e. The third-order valence-electron chi connectivity index (χ3n) is 5.17. The van der Waals surface area contributed by atoms with Crippen LogP contribution >= 0.6 is 0 Å². The predicted octanol–water partition coefficient (Wildman–Crippen LogP) is 0.604. The molecular weight excluding hydrogens is 228 g/mol. The maximum atomic E-state index is 12.2. The first-order chi connectivity index (χ1) is 8.63. The summed E-state index contributed by atoms with van der Waals surface area (Å²) in [7, 11) is 1.92. The van der Waals surface area contributed by atoms with E-state index in [4.69, 9.17) is 0 Å². The second kappa shape index (κ2) is 4.82. The van der Waals surface area contributed by atoms with Gasteiger partial charge in [0.05, 0.1) is 12.1 Å². The number of rotatable bonds is 3. The minimum atomic E-state index is -0.352. The highest BCUT2D eigenvalue weighted by Gasteiger charge is 2.40. The van der Waals surface area contributed by atoms with Crippen molar-refractivity contribution in [1.29, 1.82) is 0 Å². The fourth-order valence-electron chi connectivity index (χ4n) is 4.21. The van der Waals surface area contributed by atoms with E-state index >= 15 is 0 Å². The maximum Gasteiger partial charge on any atom is 0.239 e. The molecule has 0 aromatic rings. The van der Waals surface area contributed by atoms with Crippen molar-refractivity contribution < 1.29 is 9.90 Å². The number of nitrogens with zero attached hydrogens (tertiary/aromatic N) is 1. The number of carbonyl (C=O) groups excluding carboxylic acids is 1. The Morgan fingerprint density at radius 3 is 2.72 bits per heavy atom. The number of aliphatic hydroxyl groups excluding tert-OH is 1. The van der Waals surface area contributed by atoms with Crippen molar-refractivity contribution in [3.05, 3.63) is 0 Å². The standard InChI is InChI=1S/C14H24N2O2/c1-16(14(18)13-6-12(17)7-15-13)8-11-5-9-2-3-10(11)4-9/h9-13,15,17H,2-8H2,1H3. The van der Waals surface area contributed by atoms with Gasteiger partial charge in [0.15, 0.2) is 0 Å². The largest absolute Gasteiger partial charge is 0.392 e. The van der Waals surface area contributed by atoms with Gasteiger partial charge >= 0.3 is 0 Å². The van der Waals surface area contributed by atoms with Crippen molar-refractivity contribution in [1.82, 2.24) is 10.2 Å². The predicted molar refractivity (Wildman–Crippen MR) is 69.0 cm³/mol. The lowest BCUT2D eigenvalue weighted by Gasteiger charge is -2.28. The average Bonchev–Trinajstić information content (AvgIpc) is 3.03. The molecular formula is C14H24N2O2. The van der Waals surface area contributed by atoms with Crippen LogP contribution in [-0.4, -0.2) is 48.2 Å².